The van der Waals surface area contributed by atoms with Crippen LogP contribution < -0.4 is 5.73 Å². The molecule has 36 heavy (non-hydrogen) atoms. The molecule has 0 amide bonds. The van der Waals surface area contributed by atoms with Crippen molar-refractivity contribution in [1.29, 1.82) is 5.26 Å². The Morgan fingerprint density at radius 2 is 1.39 bits per heavy atom. The number of nitrogens with zero attached hydrogens (tertiary/aromatic N) is 1. The normalized spacial score (nSPS) is 27.8. The van der Waals surface area contributed by atoms with Crippen molar-refractivity contribution in [3.05, 3.63) is 108 Å². The van der Waals surface area contributed by atoms with Crippen LogP contribution in [0.5, 0.6) is 0 Å². The van der Waals surface area contributed by atoms with E-state index in [9.17, 15) is 10.4 Å². The highest BCUT2D eigenvalue weighted by Crippen LogP contribution is 2.46. The minimum absolute atomic E-state index is 0.442. The predicted molar refractivity (Wildman–Crippen MR) is 132 cm³/mol. The minimum Gasteiger partial charge on any atom is -0.394 e. The van der Waals surface area contributed by atoms with Gasteiger partial charge in [0.2, 0.25) is 0 Å². The van der Waals surface area contributed by atoms with E-state index in [0.717, 1.165) is 16.7 Å². The fourth-order valence-electron chi connectivity index (χ4n) is 5.24. The van der Waals surface area contributed by atoms with E-state index in [1.54, 1.807) is 13.8 Å². The number of hydrogen-bond acceptors (Lipinski definition) is 7. The van der Waals surface area contributed by atoms with Crippen LogP contribution in [0.15, 0.2) is 91.0 Å². The Kier molecular flexibility index (Phi) is 6.43. The van der Waals surface area contributed by atoms with Crippen molar-refractivity contribution in [3.63, 3.8) is 0 Å². The van der Waals surface area contributed by atoms with Crippen LogP contribution in [0.2, 0.25) is 0 Å². The average molecular weight is 487 g/mol. The summed E-state index contributed by atoms with van der Waals surface area (Å²) in [5.41, 5.74) is 6.46. The quantitative estimate of drug-likeness (QED) is 0.493. The number of rotatable bonds is 7. The van der Waals surface area contributed by atoms with Gasteiger partial charge in [-0.1, -0.05) is 91.0 Å². The van der Waals surface area contributed by atoms with Gasteiger partial charge in [0.25, 0.3) is 0 Å². The summed E-state index contributed by atoms with van der Waals surface area (Å²) in [6.45, 7) is 3.04. The topological polar surface area (TPSA) is 107 Å². The summed E-state index contributed by atoms with van der Waals surface area (Å²) >= 11 is 0. The Morgan fingerprint density at radius 3 is 1.81 bits per heavy atom. The molecule has 0 radical (unpaired) electrons. The molecule has 0 spiro atoms. The molecular formula is C29H30N2O5. The maximum absolute atomic E-state index is 10.6. The molecule has 5 rings (SSSR count). The van der Waals surface area contributed by atoms with E-state index in [2.05, 4.69) is 6.07 Å². The second kappa shape index (κ2) is 9.41. The molecule has 2 aliphatic rings. The number of hydrogen-bond donors (Lipinski definition) is 2. The van der Waals surface area contributed by atoms with Crippen LogP contribution in [-0.4, -0.2) is 47.6 Å². The largest absolute Gasteiger partial charge is 0.394 e. The third kappa shape index (κ3) is 4.02. The summed E-state index contributed by atoms with van der Waals surface area (Å²) in [4.78, 5) is 0. The average Bonchev–Trinajstić information content (AvgIpc) is 3.37. The van der Waals surface area contributed by atoms with Gasteiger partial charge in [0.15, 0.2) is 17.6 Å². The van der Waals surface area contributed by atoms with Gasteiger partial charge in [-0.3, -0.25) is 0 Å². The summed E-state index contributed by atoms with van der Waals surface area (Å²) in [5.74, 6) is -0.945. The minimum atomic E-state index is -1.61. The molecule has 2 fully saturated rings. The van der Waals surface area contributed by atoms with E-state index < -0.39 is 48.1 Å². The van der Waals surface area contributed by atoms with Crippen LogP contribution in [-0.2, 0) is 24.5 Å². The molecule has 3 aromatic rings. The number of benzene rings is 3. The van der Waals surface area contributed by atoms with E-state index >= 15 is 0 Å². The first-order valence-electron chi connectivity index (χ1n) is 12.0. The first-order chi connectivity index (χ1) is 17.3. The van der Waals surface area contributed by atoms with Gasteiger partial charge in [-0.2, -0.15) is 5.26 Å². The second-order valence-corrected chi connectivity index (χ2v) is 9.64. The zero-order valence-electron chi connectivity index (χ0n) is 20.3. The molecule has 2 heterocycles. The van der Waals surface area contributed by atoms with E-state index in [1.807, 2.05) is 91.0 Å². The highest BCUT2D eigenvalue weighted by Gasteiger charge is 2.65. The molecule has 186 valence electrons. The number of nitrogens with two attached hydrogens (primary N) is 1. The Hall–Kier alpha value is -3.09. The fraction of sp³-hybridized carbons (Fsp3) is 0.345. The molecule has 2 saturated heterocycles. The molecule has 0 bridgehead atoms. The molecule has 2 aliphatic heterocycles. The Bertz CT molecular complexity index is 1120. The Labute approximate surface area is 211 Å². The lowest BCUT2D eigenvalue weighted by atomic mass is 9.79. The van der Waals surface area contributed by atoms with Crippen molar-refractivity contribution < 1.29 is 24.1 Å². The number of fused-ring (bicyclic) bond motifs is 1. The number of aliphatic hydroxyl groups is 1. The van der Waals surface area contributed by atoms with Crippen molar-refractivity contribution in [1.82, 2.24) is 0 Å². The molecule has 3 aromatic carbocycles. The fourth-order valence-corrected chi connectivity index (χ4v) is 5.24. The summed E-state index contributed by atoms with van der Waals surface area (Å²) in [5, 5.41) is 20.8. The standard InChI is InChI=1S/C29H30N2O5/c1-27(2)35-25-26(36-27)33-24(28(25,31)19-30)23(18-32)34-29(20-12-6-3-7-13-20,21-14-8-4-9-15-21)22-16-10-5-11-17-22/h3-17,23-26,32H,18,31H2,1-2H3/t23-,24-,25+,26-,28-/m1/s1. The van der Waals surface area contributed by atoms with Gasteiger partial charge < -0.3 is 29.8 Å². The van der Waals surface area contributed by atoms with Gasteiger partial charge in [-0.05, 0) is 30.5 Å². The third-order valence-corrected chi connectivity index (χ3v) is 6.86. The lowest BCUT2D eigenvalue weighted by Crippen LogP contribution is -2.61. The Balaban J connectivity index is 1.64. The van der Waals surface area contributed by atoms with E-state index in [4.69, 9.17) is 24.7 Å². The van der Waals surface area contributed by atoms with Crippen molar-refractivity contribution in [3.8, 4) is 6.07 Å². The number of aliphatic hydroxyl groups excluding tert-OH is 1. The molecule has 0 saturated carbocycles. The highest BCUT2D eigenvalue weighted by atomic mass is 16.8. The van der Waals surface area contributed by atoms with Crippen LogP contribution in [0, 0.1) is 11.3 Å². The zero-order valence-corrected chi connectivity index (χ0v) is 20.3. The molecule has 7 heteroatoms. The zero-order chi connectivity index (χ0) is 25.4. The first-order valence-corrected chi connectivity index (χ1v) is 12.0. The molecule has 0 aromatic heterocycles. The molecule has 0 aliphatic carbocycles. The lowest BCUT2D eigenvalue weighted by Gasteiger charge is -2.41. The number of ether oxygens (including phenoxy) is 4. The highest BCUT2D eigenvalue weighted by molar-refractivity contribution is 5.47. The van der Waals surface area contributed by atoms with Gasteiger partial charge in [0.1, 0.15) is 23.9 Å². The maximum Gasteiger partial charge on any atom is 0.190 e. The summed E-state index contributed by atoms with van der Waals surface area (Å²) in [7, 11) is 0. The molecule has 5 atom stereocenters. The SMILES string of the molecule is CC1(C)O[C@H]2O[C@H]([C@@H](CO)OC(c3ccccc3)(c3ccccc3)c3ccccc3)[C@](N)(C#N)[C@H]2O1. The van der Waals surface area contributed by atoms with Crippen molar-refractivity contribution in [2.45, 2.75) is 55.4 Å². The van der Waals surface area contributed by atoms with Crippen LogP contribution >= 0.6 is 0 Å². The van der Waals surface area contributed by atoms with Crippen molar-refractivity contribution >= 4 is 0 Å². The Morgan fingerprint density at radius 1 is 0.917 bits per heavy atom. The monoisotopic (exact) mass is 486 g/mol. The van der Waals surface area contributed by atoms with Crippen LogP contribution in [0.4, 0.5) is 0 Å². The lowest BCUT2D eigenvalue weighted by molar-refractivity contribution is -0.231. The summed E-state index contributed by atoms with van der Waals surface area (Å²) in [6.07, 6.45) is -3.70. The van der Waals surface area contributed by atoms with Crippen molar-refractivity contribution in [2.75, 3.05) is 6.61 Å². The van der Waals surface area contributed by atoms with E-state index in [1.165, 1.54) is 0 Å². The van der Waals surface area contributed by atoms with E-state index in [0.29, 0.717) is 0 Å². The van der Waals surface area contributed by atoms with Gasteiger partial charge in [-0.15, -0.1) is 0 Å². The summed E-state index contributed by atoms with van der Waals surface area (Å²) in [6, 6.07) is 31.5. The smallest absolute Gasteiger partial charge is 0.190 e. The van der Waals surface area contributed by atoms with Gasteiger partial charge in [0, 0.05) is 0 Å². The maximum atomic E-state index is 10.6. The van der Waals surface area contributed by atoms with Gasteiger partial charge >= 0.3 is 0 Å². The molecule has 7 nitrogen and oxygen atoms in total. The van der Waals surface area contributed by atoms with Crippen LogP contribution in [0.1, 0.15) is 30.5 Å². The van der Waals surface area contributed by atoms with Gasteiger partial charge in [-0.25, -0.2) is 0 Å². The number of nitriles is 1. The second-order valence-electron chi connectivity index (χ2n) is 9.64. The molecule has 3 N–H and O–H groups in total. The van der Waals surface area contributed by atoms with Crippen LogP contribution in [0.25, 0.3) is 0 Å². The molecular weight excluding hydrogens is 456 g/mol. The van der Waals surface area contributed by atoms with Crippen LogP contribution in [0.3, 0.4) is 0 Å². The van der Waals surface area contributed by atoms with Crippen molar-refractivity contribution in [2.24, 2.45) is 5.73 Å². The van der Waals surface area contributed by atoms with Gasteiger partial charge in [0.05, 0.1) is 12.7 Å². The summed E-state index contributed by atoms with van der Waals surface area (Å²) < 4.78 is 24.9. The third-order valence-electron chi connectivity index (χ3n) is 6.86. The van der Waals surface area contributed by atoms with E-state index in [-0.39, 0.29) is 0 Å². The predicted octanol–water partition coefficient (Wildman–Crippen LogP) is 3.45. The molecule has 0 unspecified atom stereocenters. The first kappa shape index (κ1) is 24.6.